The molecule has 5 nitrogen and oxygen atoms in total. The topological polar surface area (TPSA) is 66.1 Å². The number of benzene rings is 1. The summed E-state index contributed by atoms with van der Waals surface area (Å²) in [4.78, 5) is 31.9. The first-order valence-electron chi connectivity index (χ1n) is 7.33. The number of nitrogens with zero attached hydrogens (tertiary/aromatic N) is 2. The van der Waals surface area contributed by atoms with Crippen LogP contribution >= 0.6 is 0 Å². The van der Waals surface area contributed by atoms with Gasteiger partial charge in [0.25, 0.3) is 0 Å². The Bertz CT molecular complexity index is 737. The van der Waals surface area contributed by atoms with E-state index in [2.05, 4.69) is 9.97 Å². The first-order valence-corrected chi connectivity index (χ1v) is 7.33. The number of H-pyrrole nitrogens is 1. The summed E-state index contributed by atoms with van der Waals surface area (Å²) in [5, 5.41) is 0. The predicted molar refractivity (Wildman–Crippen MR) is 84.0 cm³/mol. The second-order valence-corrected chi connectivity index (χ2v) is 5.26. The third-order valence-electron chi connectivity index (χ3n) is 3.81. The van der Waals surface area contributed by atoms with Crippen LogP contribution in [0.15, 0.2) is 53.5 Å². The van der Waals surface area contributed by atoms with E-state index in [1.165, 1.54) is 6.20 Å². The Morgan fingerprint density at radius 3 is 2.86 bits per heavy atom. The number of nitrogens with one attached hydrogen (secondary N) is 1. The van der Waals surface area contributed by atoms with Crippen LogP contribution in [-0.2, 0) is 4.79 Å². The van der Waals surface area contributed by atoms with Crippen molar-refractivity contribution in [3.05, 3.63) is 70.4 Å². The summed E-state index contributed by atoms with van der Waals surface area (Å²) in [6, 6.07) is 11.4. The summed E-state index contributed by atoms with van der Waals surface area (Å²) in [5.74, 6) is -0.0379. The van der Waals surface area contributed by atoms with Crippen LogP contribution in [0.1, 0.15) is 30.1 Å². The Morgan fingerprint density at radius 2 is 2.09 bits per heavy atom. The molecule has 0 radical (unpaired) electrons. The summed E-state index contributed by atoms with van der Waals surface area (Å²) in [6.07, 6.45) is 6.67. The highest BCUT2D eigenvalue weighted by atomic mass is 16.2. The van der Waals surface area contributed by atoms with Crippen molar-refractivity contribution in [3.8, 4) is 0 Å². The molecule has 3 rings (SSSR count). The number of likely N-dealkylation sites (tertiary alicyclic amines) is 1. The van der Waals surface area contributed by atoms with E-state index in [-0.39, 0.29) is 17.6 Å². The number of carbonyl (C=O) groups excluding carboxylic acids is 1. The number of hydrogen-bond acceptors (Lipinski definition) is 3. The Morgan fingerprint density at radius 1 is 1.27 bits per heavy atom. The molecule has 1 amide bonds. The summed E-state index contributed by atoms with van der Waals surface area (Å²) in [5.41, 5.74) is 1.36. The molecule has 1 fully saturated rings. The van der Waals surface area contributed by atoms with Crippen molar-refractivity contribution in [1.29, 1.82) is 0 Å². The number of aromatic amines is 1. The van der Waals surface area contributed by atoms with Crippen molar-refractivity contribution < 1.29 is 4.79 Å². The standard InChI is InChI=1S/C17H17N3O2/c21-16(9-8-13-5-2-1-3-6-13)20-12-4-7-15(20)14-10-11-18-17(22)19-14/h1-3,5-6,8-11,15H,4,7,12H2,(H,18,19,22)/b9-8+. The van der Waals surface area contributed by atoms with Gasteiger partial charge in [-0.05, 0) is 30.5 Å². The highest BCUT2D eigenvalue weighted by Crippen LogP contribution is 2.30. The molecule has 1 aliphatic rings. The van der Waals surface area contributed by atoms with Crippen LogP contribution in [0.2, 0.25) is 0 Å². The molecule has 0 bridgehead atoms. The highest BCUT2D eigenvalue weighted by Gasteiger charge is 2.29. The van der Waals surface area contributed by atoms with Crippen molar-refractivity contribution in [2.45, 2.75) is 18.9 Å². The number of aromatic nitrogens is 2. The van der Waals surface area contributed by atoms with Crippen molar-refractivity contribution in [1.82, 2.24) is 14.9 Å². The van der Waals surface area contributed by atoms with E-state index in [1.54, 1.807) is 17.0 Å². The summed E-state index contributed by atoms with van der Waals surface area (Å²) >= 11 is 0. The lowest BCUT2D eigenvalue weighted by atomic mass is 10.1. The molecule has 0 saturated carbocycles. The first kappa shape index (κ1) is 14.3. The number of rotatable bonds is 3. The Kier molecular flexibility index (Phi) is 4.14. The third kappa shape index (κ3) is 3.14. The molecule has 1 aliphatic heterocycles. The molecule has 1 atom stereocenters. The van der Waals surface area contributed by atoms with Crippen molar-refractivity contribution >= 4 is 12.0 Å². The van der Waals surface area contributed by atoms with E-state index in [4.69, 9.17) is 0 Å². The van der Waals surface area contributed by atoms with Gasteiger partial charge in [0.05, 0.1) is 6.04 Å². The predicted octanol–water partition coefficient (Wildman–Crippen LogP) is 2.15. The lowest BCUT2D eigenvalue weighted by Crippen LogP contribution is -2.30. The molecule has 2 aromatic rings. The minimum absolute atomic E-state index is 0.0379. The van der Waals surface area contributed by atoms with Crippen LogP contribution in [0, 0.1) is 0 Å². The van der Waals surface area contributed by atoms with Crippen LogP contribution in [0.3, 0.4) is 0 Å². The first-order chi connectivity index (χ1) is 10.7. The normalized spacial score (nSPS) is 18.0. The molecular formula is C17H17N3O2. The van der Waals surface area contributed by atoms with Gasteiger partial charge in [-0.15, -0.1) is 0 Å². The maximum Gasteiger partial charge on any atom is 0.345 e. The average Bonchev–Trinajstić information content (AvgIpc) is 3.03. The van der Waals surface area contributed by atoms with Crippen LogP contribution < -0.4 is 5.69 Å². The van der Waals surface area contributed by atoms with Crippen LogP contribution in [-0.4, -0.2) is 27.3 Å². The van der Waals surface area contributed by atoms with E-state index in [9.17, 15) is 9.59 Å². The van der Waals surface area contributed by atoms with Gasteiger partial charge >= 0.3 is 5.69 Å². The second-order valence-electron chi connectivity index (χ2n) is 5.26. The molecule has 2 heterocycles. The highest BCUT2D eigenvalue weighted by molar-refractivity contribution is 5.92. The van der Waals surface area contributed by atoms with E-state index >= 15 is 0 Å². The van der Waals surface area contributed by atoms with E-state index in [1.807, 2.05) is 36.4 Å². The maximum atomic E-state index is 12.4. The molecular weight excluding hydrogens is 278 g/mol. The largest absolute Gasteiger partial charge is 0.345 e. The quantitative estimate of drug-likeness (QED) is 0.882. The summed E-state index contributed by atoms with van der Waals surface area (Å²) < 4.78 is 0. The number of amides is 1. The molecule has 0 aliphatic carbocycles. The Balaban J connectivity index is 1.77. The minimum Gasteiger partial charge on any atom is -0.331 e. The average molecular weight is 295 g/mol. The molecule has 1 N–H and O–H groups in total. The van der Waals surface area contributed by atoms with Gasteiger partial charge in [-0.1, -0.05) is 30.3 Å². The SMILES string of the molecule is O=C(/C=C/c1ccccc1)N1CCCC1c1ccnc(=O)[nH]1. The molecule has 22 heavy (non-hydrogen) atoms. The smallest absolute Gasteiger partial charge is 0.331 e. The zero-order valence-corrected chi connectivity index (χ0v) is 12.1. The molecule has 5 heteroatoms. The van der Waals surface area contributed by atoms with Gasteiger partial charge in [-0.3, -0.25) is 4.79 Å². The van der Waals surface area contributed by atoms with Gasteiger partial charge in [0.15, 0.2) is 0 Å². The van der Waals surface area contributed by atoms with Crippen LogP contribution in [0.25, 0.3) is 6.08 Å². The van der Waals surface area contributed by atoms with Gasteiger partial charge in [-0.2, -0.15) is 0 Å². The fourth-order valence-corrected chi connectivity index (χ4v) is 2.76. The molecule has 0 spiro atoms. The fraction of sp³-hybridized carbons (Fsp3) is 0.235. The van der Waals surface area contributed by atoms with Crippen molar-refractivity contribution in [2.75, 3.05) is 6.54 Å². The van der Waals surface area contributed by atoms with Crippen molar-refractivity contribution in [2.24, 2.45) is 0 Å². The molecule has 1 aromatic carbocycles. The molecule has 1 saturated heterocycles. The maximum absolute atomic E-state index is 12.4. The lowest BCUT2D eigenvalue weighted by Gasteiger charge is -2.23. The van der Waals surface area contributed by atoms with E-state index in [0.717, 1.165) is 24.1 Å². The van der Waals surface area contributed by atoms with Crippen LogP contribution in [0.5, 0.6) is 0 Å². The van der Waals surface area contributed by atoms with Gasteiger partial charge in [0, 0.05) is 24.5 Å². The van der Waals surface area contributed by atoms with Gasteiger partial charge in [0.1, 0.15) is 0 Å². The Hall–Kier alpha value is -2.69. The monoisotopic (exact) mass is 295 g/mol. The van der Waals surface area contributed by atoms with Gasteiger partial charge < -0.3 is 9.88 Å². The fourth-order valence-electron chi connectivity index (χ4n) is 2.76. The molecule has 1 aromatic heterocycles. The van der Waals surface area contributed by atoms with E-state index < -0.39 is 0 Å². The van der Waals surface area contributed by atoms with Gasteiger partial charge in [0.2, 0.25) is 5.91 Å². The summed E-state index contributed by atoms with van der Waals surface area (Å²) in [7, 11) is 0. The van der Waals surface area contributed by atoms with Crippen LogP contribution in [0.4, 0.5) is 0 Å². The lowest BCUT2D eigenvalue weighted by molar-refractivity contribution is -0.126. The zero-order chi connectivity index (χ0) is 15.4. The van der Waals surface area contributed by atoms with Crippen molar-refractivity contribution in [3.63, 3.8) is 0 Å². The summed E-state index contributed by atoms with van der Waals surface area (Å²) in [6.45, 7) is 0.701. The molecule has 1 unspecified atom stereocenters. The number of carbonyl (C=O) groups is 1. The third-order valence-corrected chi connectivity index (χ3v) is 3.81. The second kappa shape index (κ2) is 6.39. The zero-order valence-electron chi connectivity index (χ0n) is 12.1. The Labute approximate surface area is 128 Å². The minimum atomic E-state index is -0.378. The molecule has 112 valence electrons. The van der Waals surface area contributed by atoms with E-state index in [0.29, 0.717) is 6.54 Å². The number of hydrogen-bond donors (Lipinski definition) is 1. The van der Waals surface area contributed by atoms with Gasteiger partial charge in [-0.25, -0.2) is 9.78 Å².